The normalized spacial score (nSPS) is 18.3. The number of nitrogens with one attached hydrogen (secondary N) is 1. The zero-order valence-corrected chi connectivity index (χ0v) is 46.2. The van der Waals surface area contributed by atoms with Crippen LogP contribution < -0.4 is 11.1 Å². The van der Waals surface area contributed by atoms with Crippen molar-refractivity contribution in [3.8, 4) is 0 Å². The summed E-state index contributed by atoms with van der Waals surface area (Å²) in [7, 11) is 0. The standard InChI is InChI=1S/C36H41N3O2S.C30H35N5O2/c1-42-34-23-12-11-22-33(34)37-32-24-25-39(36(40)41)35(31(32)21-13-20-28-14-5-2-6-15-28)38(26-29-16-7-3-8-17-29)27-30-18-9-4-10-19-30;31-29-32-27-15-7-8-16-28(27)35(29)26-17-19-34(30(36)37)25(20-26)14-9-18-33(21-23-10-3-1-4-11-23)22-24-12-5-2-6-13-24/h2-12,14-19,22-23,31-32,35,37H,13,20-21,24-27H2,1H3,(H,40,41);1-8,10-13,15-16,25-26H,9,14,17-22H2,(H2,31,32)(H,36,37)/t31?,32?,35-;25-,26?/m00/s1. The van der Waals surface area contributed by atoms with E-state index >= 15 is 0 Å². The summed E-state index contributed by atoms with van der Waals surface area (Å²) >= 11 is 1.74. The second-order valence-corrected chi connectivity index (χ2v) is 21.9. The molecule has 3 unspecified atom stereocenters. The highest BCUT2D eigenvalue weighted by molar-refractivity contribution is 7.98. The van der Waals surface area contributed by atoms with Gasteiger partial charge in [-0.05, 0) is 116 Å². The summed E-state index contributed by atoms with van der Waals surface area (Å²) in [6.45, 7) is 4.98. The number of carboxylic acid groups (broad SMARTS) is 2. The number of amides is 2. The van der Waals surface area contributed by atoms with Crippen LogP contribution in [0.3, 0.4) is 0 Å². The van der Waals surface area contributed by atoms with Gasteiger partial charge in [-0.15, -0.1) is 11.8 Å². The van der Waals surface area contributed by atoms with Crippen molar-refractivity contribution >= 4 is 46.6 Å². The maximum atomic E-state index is 12.9. The summed E-state index contributed by atoms with van der Waals surface area (Å²) in [6.07, 6.45) is 7.02. The Bertz CT molecular complexity index is 3030. The fraction of sp³-hybridized carbons (Fsp3) is 0.318. The minimum atomic E-state index is -0.845. The monoisotopic (exact) mass is 1080 g/mol. The van der Waals surface area contributed by atoms with Crippen LogP contribution in [0, 0.1) is 5.92 Å². The molecule has 2 saturated heterocycles. The summed E-state index contributed by atoms with van der Waals surface area (Å²) in [4.78, 5) is 38.9. The molecule has 0 spiro atoms. The number of piperidine rings is 2. The number of hydrogen-bond donors (Lipinski definition) is 4. The third kappa shape index (κ3) is 15.4. The Labute approximate surface area is 470 Å². The fourth-order valence-corrected chi connectivity index (χ4v) is 12.5. The molecule has 2 aliphatic heterocycles. The van der Waals surface area contributed by atoms with Crippen LogP contribution in [0.1, 0.15) is 78.8 Å². The van der Waals surface area contributed by atoms with Crippen LogP contribution in [0.25, 0.3) is 11.0 Å². The second kappa shape index (κ2) is 28.3. The summed E-state index contributed by atoms with van der Waals surface area (Å²) in [5, 5.41) is 24.4. The molecule has 13 heteroatoms. The highest BCUT2D eigenvalue weighted by Gasteiger charge is 2.43. The Morgan fingerprint density at radius 1 is 0.608 bits per heavy atom. The number of nitrogens with two attached hydrogens (primary N) is 1. The molecule has 0 bridgehead atoms. The molecule has 8 aromatic rings. The number of aromatic nitrogens is 2. The van der Waals surface area contributed by atoms with Gasteiger partial charge in [0.15, 0.2) is 0 Å². The molecule has 7 aromatic carbocycles. The van der Waals surface area contributed by atoms with Gasteiger partial charge in [0, 0.05) is 73.9 Å². The zero-order valence-electron chi connectivity index (χ0n) is 45.4. The van der Waals surface area contributed by atoms with Gasteiger partial charge in [-0.1, -0.05) is 176 Å². The fourth-order valence-electron chi connectivity index (χ4n) is 12.0. The van der Waals surface area contributed by atoms with Gasteiger partial charge >= 0.3 is 12.2 Å². The number of aryl methyl sites for hydroxylation is 1. The van der Waals surface area contributed by atoms with Crippen molar-refractivity contribution in [1.82, 2.24) is 29.2 Å². The number of nitrogens with zero attached hydrogens (tertiary/aromatic N) is 6. The largest absolute Gasteiger partial charge is 0.465 e. The van der Waals surface area contributed by atoms with E-state index in [9.17, 15) is 19.8 Å². The summed E-state index contributed by atoms with van der Waals surface area (Å²) < 4.78 is 2.11. The predicted octanol–water partition coefficient (Wildman–Crippen LogP) is 14.0. The van der Waals surface area contributed by atoms with Crippen molar-refractivity contribution in [1.29, 1.82) is 0 Å². The molecule has 2 fully saturated rings. The molecule has 10 rings (SSSR count). The molecule has 410 valence electrons. The first-order valence-corrected chi connectivity index (χ1v) is 29.2. The van der Waals surface area contributed by atoms with E-state index in [4.69, 9.17) is 5.73 Å². The van der Waals surface area contributed by atoms with Crippen molar-refractivity contribution in [2.24, 2.45) is 5.92 Å². The van der Waals surface area contributed by atoms with Gasteiger partial charge < -0.3 is 30.7 Å². The van der Waals surface area contributed by atoms with E-state index in [1.165, 1.54) is 32.7 Å². The van der Waals surface area contributed by atoms with Crippen LogP contribution in [0.15, 0.2) is 205 Å². The average Bonchev–Trinajstić information content (AvgIpc) is 4.01. The first-order valence-electron chi connectivity index (χ1n) is 28.0. The van der Waals surface area contributed by atoms with Crippen molar-refractivity contribution in [2.75, 3.05) is 36.9 Å². The minimum absolute atomic E-state index is 0.0490. The summed E-state index contributed by atoms with van der Waals surface area (Å²) in [5.74, 6) is 0.603. The molecule has 5 atom stereocenters. The van der Waals surface area contributed by atoms with Crippen LogP contribution in [-0.2, 0) is 32.6 Å². The summed E-state index contributed by atoms with van der Waals surface area (Å²) in [6, 6.07) is 69.2. The molecule has 0 aliphatic carbocycles. The number of hydrogen-bond acceptors (Lipinski definition) is 8. The molecule has 12 nitrogen and oxygen atoms in total. The Morgan fingerprint density at radius 3 is 1.68 bits per heavy atom. The third-order valence-electron chi connectivity index (χ3n) is 15.7. The average molecular weight is 1080 g/mol. The number of para-hydroxylation sites is 3. The number of thioether (sulfide) groups is 1. The molecule has 1 aromatic heterocycles. The number of rotatable bonds is 21. The molecule has 0 saturated carbocycles. The van der Waals surface area contributed by atoms with Crippen LogP contribution >= 0.6 is 11.8 Å². The Morgan fingerprint density at radius 2 is 1.11 bits per heavy atom. The van der Waals surface area contributed by atoms with Gasteiger partial charge in [0.1, 0.15) is 0 Å². The molecule has 3 heterocycles. The van der Waals surface area contributed by atoms with Gasteiger partial charge in [0.25, 0.3) is 0 Å². The van der Waals surface area contributed by atoms with Gasteiger partial charge in [-0.25, -0.2) is 14.6 Å². The van der Waals surface area contributed by atoms with Gasteiger partial charge in [-0.3, -0.25) is 14.7 Å². The molecule has 0 radical (unpaired) electrons. The van der Waals surface area contributed by atoms with E-state index in [1.54, 1.807) is 21.6 Å². The van der Waals surface area contributed by atoms with Crippen LogP contribution in [-0.4, -0.2) is 95.7 Å². The zero-order chi connectivity index (χ0) is 54.8. The Balaban J connectivity index is 0.000000193. The lowest BCUT2D eigenvalue weighted by molar-refractivity contribution is -0.0334. The Hall–Kier alpha value is -7.58. The van der Waals surface area contributed by atoms with Gasteiger partial charge in [0.2, 0.25) is 5.95 Å². The molecule has 2 aliphatic rings. The quantitative estimate of drug-likeness (QED) is 0.0514. The first kappa shape index (κ1) is 56.2. The number of nitrogen functional groups attached to an aromatic ring is 1. The maximum absolute atomic E-state index is 12.9. The lowest BCUT2D eigenvalue weighted by atomic mass is 9.83. The molecular formula is C66H76N8O4S. The summed E-state index contributed by atoms with van der Waals surface area (Å²) in [5.41, 5.74) is 15.6. The molecular weight excluding hydrogens is 1000 g/mol. The first-order chi connectivity index (χ1) is 38.7. The second-order valence-electron chi connectivity index (χ2n) is 21.0. The lowest BCUT2D eigenvalue weighted by Gasteiger charge is -2.50. The number of imidazole rings is 1. The van der Waals surface area contributed by atoms with Crippen LogP contribution in [0.4, 0.5) is 21.2 Å². The van der Waals surface area contributed by atoms with Crippen molar-refractivity contribution in [3.05, 3.63) is 228 Å². The topological polar surface area (TPSA) is 143 Å². The number of fused-ring (bicyclic) bond motifs is 1. The van der Waals surface area contributed by atoms with E-state index in [2.05, 4.69) is 183 Å². The number of benzene rings is 7. The lowest BCUT2D eigenvalue weighted by Crippen LogP contribution is -2.61. The number of carbonyl (C=O) groups is 2. The highest BCUT2D eigenvalue weighted by atomic mass is 32.2. The van der Waals surface area contributed by atoms with Crippen molar-refractivity contribution in [2.45, 2.75) is 107 Å². The van der Waals surface area contributed by atoms with Gasteiger partial charge in [-0.2, -0.15) is 0 Å². The number of anilines is 2. The van der Waals surface area contributed by atoms with E-state index in [1.807, 2.05) is 48.5 Å². The van der Waals surface area contributed by atoms with Crippen molar-refractivity contribution < 1.29 is 19.8 Å². The Kier molecular flexibility index (Phi) is 20.1. The van der Waals surface area contributed by atoms with Gasteiger partial charge in [0.05, 0.1) is 17.2 Å². The van der Waals surface area contributed by atoms with E-state index in [0.29, 0.717) is 32.1 Å². The molecule has 5 N–H and O–H groups in total. The third-order valence-corrected chi connectivity index (χ3v) is 16.5. The van der Waals surface area contributed by atoms with Crippen molar-refractivity contribution in [3.63, 3.8) is 0 Å². The van der Waals surface area contributed by atoms with E-state index < -0.39 is 12.2 Å². The smallest absolute Gasteiger partial charge is 0.408 e. The minimum Gasteiger partial charge on any atom is -0.465 e. The predicted molar refractivity (Wildman–Crippen MR) is 321 cm³/mol. The molecule has 2 amide bonds. The number of likely N-dealkylation sites (tertiary alicyclic amines) is 2. The molecule has 79 heavy (non-hydrogen) atoms. The van der Waals surface area contributed by atoms with Crippen LogP contribution in [0.2, 0.25) is 0 Å². The highest BCUT2D eigenvalue weighted by Crippen LogP contribution is 2.38. The SMILES string of the molecule is CSc1ccccc1NC1CCN(C(=O)O)[C@H](N(Cc2ccccc2)Cc2ccccc2)C1CCCc1ccccc1.Nc1nc2ccccc2n1C1CCN(C(=O)O)[C@@H](CCCN(Cc2ccccc2)Cc2ccccc2)C1. The maximum Gasteiger partial charge on any atom is 0.408 e. The van der Waals surface area contributed by atoms with Crippen LogP contribution in [0.5, 0.6) is 0 Å². The van der Waals surface area contributed by atoms with E-state index in [0.717, 1.165) is 87.7 Å². The van der Waals surface area contributed by atoms with E-state index in [-0.39, 0.29) is 30.2 Å².